The van der Waals surface area contributed by atoms with Crippen LogP contribution in [0.1, 0.15) is 53.1 Å². The summed E-state index contributed by atoms with van der Waals surface area (Å²) in [5.41, 5.74) is 2.95. The highest BCUT2D eigenvalue weighted by atomic mass is 16.5. The number of aromatic nitrogens is 1. The number of hydrogen-bond acceptors (Lipinski definition) is 3. The summed E-state index contributed by atoms with van der Waals surface area (Å²) in [7, 11) is 0. The zero-order chi connectivity index (χ0) is 18.0. The van der Waals surface area contributed by atoms with Gasteiger partial charge in [0.05, 0.1) is 11.2 Å². The van der Waals surface area contributed by atoms with E-state index in [1.165, 1.54) is 5.56 Å². The number of benzene rings is 2. The summed E-state index contributed by atoms with van der Waals surface area (Å²) in [6.07, 6.45) is 2.65. The summed E-state index contributed by atoms with van der Waals surface area (Å²) in [6.45, 7) is 2.15. The third-order valence-corrected chi connectivity index (χ3v) is 5.10. The van der Waals surface area contributed by atoms with E-state index in [-0.39, 0.29) is 17.2 Å². The average Bonchev–Trinajstić information content (AvgIpc) is 3.31. The van der Waals surface area contributed by atoms with Crippen LogP contribution in [0.2, 0.25) is 0 Å². The zero-order valence-electron chi connectivity index (χ0n) is 14.8. The number of nitrogens with one attached hydrogen (secondary N) is 1. The molecular weight excluding hydrogens is 324 g/mol. The van der Waals surface area contributed by atoms with Gasteiger partial charge in [-0.15, -0.1) is 0 Å². The highest BCUT2D eigenvalue weighted by Crippen LogP contribution is 2.45. The molecule has 132 valence electrons. The Labute approximate surface area is 153 Å². The van der Waals surface area contributed by atoms with Crippen molar-refractivity contribution in [2.24, 2.45) is 0 Å². The van der Waals surface area contributed by atoms with Crippen molar-refractivity contribution in [2.45, 2.75) is 37.6 Å². The normalized spacial score (nSPS) is 16.0. The molecule has 0 saturated heterocycles. The molecule has 3 aromatic rings. The average molecular weight is 346 g/mol. The zero-order valence-corrected chi connectivity index (χ0v) is 14.8. The van der Waals surface area contributed by atoms with Gasteiger partial charge in [0, 0.05) is 6.07 Å². The van der Waals surface area contributed by atoms with Gasteiger partial charge in [-0.3, -0.25) is 4.79 Å². The molecular formula is C22H22N2O2. The van der Waals surface area contributed by atoms with Gasteiger partial charge in [-0.25, -0.2) is 0 Å². The van der Waals surface area contributed by atoms with Crippen molar-refractivity contribution in [1.82, 2.24) is 10.5 Å². The maximum atomic E-state index is 12.6. The van der Waals surface area contributed by atoms with Crippen molar-refractivity contribution in [1.29, 1.82) is 0 Å². The molecule has 1 aliphatic rings. The second kappa shape index (κ2) is 6.79. The van der Waals surface area contributed by atoms with Crippen LogP contribution in [0.25, 0.3) is 0 Å². The highest BCUT2D eigenvalue weighted by molar-refractivity contribution is 5.92. The van der Waals surface area contributed by atoms with Crippen molar-refractivity contribution >= 4 is 5.91 Å². The lowest BCUT2D eigenvalue weighted by molar-refractivity contribution is 0.0893. The van der Waals surface area contributed by atoms with E-state index in [2.05, 4.69) is 41.7 Å². The van der Waals surface area contributed by atoms with Crippen LogP contribution < -0.4 is 5.32 Å². The largest absolute Gasteiger partial charge is 0.351 e. The van der Waals surface area contributed by atoms with Gasteiger partial charge >= 0.3 is 0 Å². The SMILES string of the molecule is C[C@@H](Cc1cc(C(=O)NC2(c3ccccc3)CC2)on1)c1ccccc1. The van der Waals surface area contributed by atoms with E-state index in [0.717, 1.165) is 30.5 Å². The van der Waals surface area contributed by atoms with Crippen molar-refractivity contribution < 1.29 is 9.32 Å². The first kappa shape index (κ1) is 16.6. The first-order valence-corrected chi connectivity index (χ1v) is 9.05. The lowest BCUT2D eigenvalue weighted by Gasteiger charge is -2.16. The van der Waals surface area contributed by atoms with Crippen LogP contribution in [0.4, 0.5) is 0 Å². The minimum absolute atomic E-state index is 0.197. The summed E-state index contributed by atoms with van der Waals surface area (Å²) in [5.74, 6) is 0.399. The first-order valence-electron chi connectivity index (χ1n) is 9.05. The van der Waals surface area contributed by atoms with E-state index in [1.807, 2.05) is 36.4 Å². The number of nitrogens with zero attached hydrogens (tertiary/aromatic N) is 1. The highest BCUT2D eigenvalue weighted by Gasteiger charge is 2.46. The fourth-order valence-corrected chi connectivity index (χ4v) is 3.38. The summed E-state index contributed by atoms with van der Waals surface area (Å²) in [4.78, 5) is 12.6. The number of carbonyl (C=O) groups is 1. The molecule has 1 amide bonds. The molecule has 1 heterocycles. The third-order valence-electron chi connectivity index (χ3n) is 5.10. The number of rotatable bonds is 6. The van der Waals surface area contributed by atoms with E-state index in [0.29, 0.717) is 5.92 Å². The molecule has 4 heteroatoms. The topological polar surface area (TPSA) is 55.1 Å². The maximum absolute atomic E-state index is 12.6. The van der Waals surface area contributed by atoms with Gasteiger partial charge in [0.1, 0.15) is 0 Å². The molecule has 26 heavy (non-hydrogen) atoms. The van der Waals surface area contributed by atoms with Gasteiger partial charge in [-0.05, 0) is 36.3 Å². The fraction of sp³-hybridized carbons (Fsp3) is 0.273. The van der Waals surface area contributed by atoms with Crippen LogP contribution in [-0.4, -0.2) is 11.1 Å². The van der Waals surface area contributed by atoms with Crippen molar-refractivity contribution in [3.05, 3.63) is 89.3 Å². The molecule has 0 radical (unpaired) electrons. The first-order chi connectivity index (χ1) is 12.7. The molecule has 1 fully saturated rings. The predicted molar refractivity (Wildman–Crippen MR) is 99.9 cm³/mol. The molecule has 0 bridgehead atoms. The monoisotopic (exact) mass is 346 g/mol. The minimum Gasteiger partial charge on any atom is -0.351 e. The van der Waals surface area contributed by atoms with Crippen molar-refractivity contribution in [2.75, 3.05) is 0 Å². The number of carbonyl (C=O) groups excluding carboxylic acids is 1. The van der Waals surface area contributed by atoms with Crippen LogP contribution in [0, 0.1) is 0 Å². The van der Waals surface area contributed by atoms with Gasteiger partial charge in [-0.2, -0.15) is 0 Å². The molecule has 4 nitrogen and oxygen atoms in total. The summed E-state index contributed by atoms with van der Waals surface area (Å²) in [5, 5.41) is 7.22. The molecule has 1 aliphatic carbocycles. The van der Waals surface area contributed by atoms with E-state index in [9.17, 15) is 4.79 Å². The smallest absolute Gasteiger partial charge is 0.290 e. The molecule has 0 spiro atoms. The molecule has 1 N–H and O–H groups in total. The van der Waals surface area contributed by atoms with Crippen LogP contribution in [0.15, 0.2) is 71.3 Å². The molecule has 1 aromatic heterocycles. The predicted octanol–water partition coefficient (Wildman–Crippen LogP) is 4.44. The Balaban J connectivity index is 1.42. The van der Waals surface area contributed by atoms with Gasteiger partial charge < -0.3 is 9.84 Å². The Morgan fingerprint density at radius 1 is 1.12 bits per heavy atom. The van der Waals surface area contributed by atoms with E-state index in [1.54, 1.807) is 6.07 Å². The molecule has 0 aliphatic heterocycles. The minimum atomic E-state index is -0.247. The third kappa shape index (κ3) is 3.40. The molecule has 1 saturated carbocycles. The van der Waals surface area contributed by atoms with E-state index >= 15 is 0 Å². The fourth-order valence-electron chi connectivity index (χ4n) is 3.38. The summed E-state index contributed by atoms with van der Waals surface area (Å²) < 4.78 is 5.31. The lowest BCUT2D eigenvalue weighted by atomic mass is 9.96. The summed E-state index contributed by atoms with van der Waals surface area (Å²) >= 11 is 0. The van der Waals surface area contributed by atoms with E-state index < -0.39 is 0 Å². The lowest BCUT2D eigenvalue weighted by Crippen LogP contribution is -2.34. The Morgan fingerprint density at radius 3 is 2.42 bits per heavy atom. The van der Waals surface area contributed by atoms with Crippen LogP contribution in [0.5, 0.6) is 0 Å². The van der Waals surface area contributed by atoms with Crippen LogP contribution in [-0.2, 0) is 12.0 Å². The van der Waals surface area contributed by atoms with Gasteiger partial charge in [0.25, 0.3) is 5.91 Å². The Hall–Kier alpha value is -2.88. The van der Waals surface area contributed by atoms with Crippen molar-refractivity contribution in [3.8, 4) is 0 Å². The second-order valence-electron chi connectivity index (χ2n) is 7.10. The van der Waals surface area contributed by atoms with E-state index in [4.69, 9.17) is 4.52 Å². The van der Waals surface area contributed by atoms with Gasteiger partial charge in [0.2, 0.25) is 5.76 Å². The van der Waals surface area contributed by atoms with Gasteiger partial charge in [0.15, 0.2) is 0 Å². The number of hydrogen-bond donors (Lipinski definition) is 1. The standard InChI is InChI=1S/C22H22N2O2/c1-16(17-8-4-2-5-9-17)14-19-15-20(26-24-19)21(25)23-22(12-13-22)18-10-6-3-7-11-18/h2-11,15-16H,12-14H2,1H3,(H,23,25)/t16-/m0/s1. The number of amides is 1. The Morgan fingerprint density at radius 2 is 1.77 bits per heavy atom. The van der Waals surface area contributed by atoms with Crippen LogP contribution in [0.3, 0.4) is 0 Å². The van der Waals surface area contributed by atoms with Crippen LogP contribution >= 0.6 is 0 Å². The Bertz CT molecular complexity index is 883. The molecule has 2 aromatic carbocycles. The van der Waals surface area contributed by atoms with Crippen molar-refractivity contribution in [3.63, 3.8) is 0 Å². The second-order valence-corrected chi connectivity index (χ2v) is 7.10. The summed E-state index contributed by atoms with van der Waals surface area (Å²) in [6, 6.07) is 22.1. The molecule has 0 unspecified atom stereocenters. The Kier molecular flexibility index (Phi) is 4.33. The molecule has 4 rings (SSSR count). The maximum Gasteiger partial charge on any atom is 0.290 e. The molecule has 1 atom stereocenters. The quantitative estimate of drug-likeness (QED) is 0.718. The van der Waals surface area contributed by atoms with Gasteiger partial charge in [-0.1, -0.05) is 72.7 Å².